The number of Topliss-reactive ketones (excluding diaryl/α,β-unsaturated/α-hetero) is 1. The third-order valence-electron chi connectivity index (χ3n) is 5.41. The molecule has 3 amide bonds. The van der Waals surface area contributed by atoms with E-state index in [9.17, 15) is 19.2 Å². The number of carbonyl (C=O) groups excluding carboxylic acids is 4. The minimum absolute atomic E-state index is 0.0869. The van der Waals surface area contributed by atoms with Crippen LogP contribution in [0.4, 0.5) is 0 Å². The maximum Gasteiger partial charge on any atom is 0.251 e. The van der Waals surface area contributed by atoms with Crippen LogP contribution in [-0.4, -0.2) is 92.5 Å². The molecule has 1 heterocycles. The number of ether oxygens (including phenoxy) is 2. The lowest BCUT2D eigenvalue weighted by molar-refractivity contribution is -0.127. The monoisotopic (exact) mass is 579 g/mol. The molecule has 39 heavy (non-hydrogen) atoms. The van der Waals surface area contributed by atoms with Crippen molar-refractivity contribution in [3.8, 4) is 0 Å². The van der Waals surface area contributed by atoms with Gasteiger partial charge in [-0.25, -0.2) is 9.97 Å². The quantitative estimate of drug-likeness (QED) is 0.210. The van der Waals surface area contributed by atoms with E-state index in [0.29, 0.717) is 37.4 Å². The first-order valence-corrected chi connectivity index (χ1v) is 15.4. The predicted molar refractivity (Wildman–Crippen MR) is 154 cm³/mol. The molecule has 3 N–H and O–H groups in total. The average Bonchev–Trinajstić information content (AvgIpc) is 2.93. The summed E-state index contributed by atoms with van der Waals surface area (Å²) in [5.74, 6) is 0.637. The van der Waals surface area contributed by atoms with Gasteiger partial charge in [-0.1, -0.05) is 0 Å². The molecule has 0 radical (unpaired) electrons. The maximum absolute atomic E-state index is 12.6. The normalized spacial score (nSPS) is 10.8. The second kappa shape index (κ2) is 18.5. The van der Waals surface area contributed by atoms with Crippen LogP contribution in [-0.2, 0) is 35.4 Å². The summed E-state index contributed by atoms with van der Waals surface area (Å²) >= 11 is 3.39. The first-order chi connectivity index (χ1) is 18.9. The largest absolute Gasteiger partial charge is 0.379 e. The van der Waals surface area contributed by atoms with Crippen LogP contribution in [0.15, 0.2) is 18.2 Å². The number of fused-ring (bicyclic) bond motifs is 1. The molecule has 1 aromatic carbocycles. The lowest BCUT2D eigenvalue weighted by Gasteiger charge is -2.10. The molecule has 214 valence electrons. The van der Waals surface area contributed by atoms with Gasteiger partial charge in [-0.05, 0) is 30.7 Å². The summed E-state index contributed by atoms with van der Waals surface area (Å²) in [5, 5.41) is 7.78. The number of thioether (sulfide) groups is 2. The van der Waals surface area contributed by atoms with Crippen LogP contribution >= 0.6 is 23.5 Å². The van der Waals surface area contributed by atoms with Crippen LogP contribution in [0.3, 0.4) is 0 Å². The second-order valence-corrected chi connectivity index (χ2v) is 10.1. The molecule has 0 aliphatic heterocycles. The summed E-state index contributed by atoms with van der Waals surface area (Å²) in [6, 6.07) is 5.33. The average molecular weight is 580 g/mol. The highest BCUT2D eigenvalue weighted by atomic mass is 32.2. The highest BCUT2D eigenvalue weighted by Crippen LogP contribution is 2.20. The van der Waals surface area contributed by atoms with Crippen LogP contribution in [0.25, 0.3) is 11.0 Å². The van der Waals surface area contributed by atoms with Crippen LogP contribution in [0, 0.1) is 0 Å². The fraction of sp³-hybridized carbons (Fsp3) is 0.538. The molecule has 13 heteroatoms. The number of amides is 3. The number of benzene rings is 1. The van der Waals surface area contributed by atoms with Gasteiger partial charge in [0.25, 0.3) is 5.91 Å². The number of hydrogen-bond donors (Lipinski definition) is 3. The fourth-order valence-corrected chi connectivity index (χ4v) is 4.36. The number of aromatic nitrogens is 2. The van der Waals surface area contributed by atoms with Crippen molar-refractivity contribution in [2.24, 2.45) is 0 Å². The zero-order valence-corrected chi connectivity index (χ0v) is 24.3. The lowest BCUT2D eigenvalue weighted by Crippen LogP contribution is -2.31. The highest BCUT2D eigenvalue weighted by molar-refractivity contribution is 7.98. The van der Waals surface area contributed by atoms with Crippen LogP contribution in [0.5, 0.6) is 0 Å². The Labute approximate surface area is 237 Å². The van der Waals surface area contributed by atoms with E-state index < -0.39 is 0 Å². The van der Waals surface area contributed by atoms with Crippen molar-refractivity contribution in [2.45, 2.75) is 30.8 Å². The lowest BCUT2D eigenvalue weighted by atomic mass is 10.1. The van der Waals surface area contributed by atoms with Crippen molar-refractivity contribution >= 4 is 58.1 Å². The van der Waals surface area contributed by atoms with E-state index in [4.69, 9.17) is 19.4 Å². The predicted octanol–water partition coefficient (Wildman–Crippen LogP) is 1.72. The summed E-state index contributed by atoms with van der Waals surface area (Å²) in [5.41, 5.74) is 3.91. The summed E-state index contributed by atoms with van der Waals surface area (Å²) in [6.45, 7) is 1.36. The Morgan fingerprint density at radius 1 is 0.795 bits per heavy atom. The molecular formula is C26H37N5O6S2. The van der Waals surface area contributed by atoms with E-state index in [2.05, 4.69) is 16.0 Å². The summed E-state index contributed by atoms with van der Waals surface area (Å²) in [6.07, 6.45) is 4.37. The second-order valence-electron chi connectivity index (χ2n) is 8.41. The molecular weight excluding hydrogens is 542 g/mol. The minimum Gasteiger partial charge on any atom is -0.379 e. The fourth-order valence-electron chi connectivity index (χ4n) is 3.35. The zero-order valence-electron chi connectivity index (χ0n) is 22.7. The first-order valence-electron chi connectivity index (χ1n) is 12.6. The number of nitrogens with one attached hydrogen (secondary N) is 3. The van der Waals surface area contributed by atoms with Gasteiger partial charge >= 0.3 is 0 Å². The molecule has 0 saturated carbocycles. The standard InChI is InChI=1S/C26H37N5O6S2/c1-27-24(33)7-5-19(32)15-29-25(34)8-10-36-12-13-37-11-9-28-26(35)18-4-6-20-21(14-18)31-23(17-39-3)22(30-20)16-38-2/h4,6,14H,5,7-13,15-17H2,1-3H3,(H,27,33)(H,28,35)(H,29,34). The molecule has 2 rings (SSSR count). The van der Waals surface area contributed by atoms with Gasteiger partial charge in [0.1, 0.15) is 0 Å². The third kappa shape index (κ3) is 12.3. The van der Waals surface area contributed by atoms with Crippen molar-refractivity contribution in [3.05, 3.63) is 35.2 Å². The Morgan fingerprint density at radius 3 is 2.13 bits per heavy atom. The Morgan fingerprint density at radius 2 is 1.46 bits per heavy atom. The van der Waals surface area contributed by atoms with Gasteiger partial charge in [0.05, 0.1) is 55.4 Å². The molecule has 0 atom stereocenters. The molecule has 0 fully saturated rings. The number of carbonyl (C=O) groups is 4. The van der Waals surface area contributed by atoms with E-state index >= 15 is 0 Å². The third-order valence-corrected chi connectivity index (χ3v) is 6.54. The van der Waals surface area contributed by atoms with Crippen molar-refractivity contribution in [2.75, 3.05) is 59.1 Å². The van der Waals surface area contributed by atoms with Crippen LogP contribution in [0.2, 0.25) is 0 Å². The molecule has 11 nitrogen and oxygen atoms in total. The van der Waals surface area contributed by atoms with E-state index in [-0.39, 0.29) is 55.9 Å². The molecule has 0 aliphatic rings. The topological polar surface area (TPSA) is 149 Å². The van der Waals surface area contributed by atoms with E-state index in [0.717, 1.165) is 28.4 Å². The molecule has 2 aromatic rings. The Bertz CT molecular complexity index is 1120. The minimum atomic E-state index is -0.299. The molecule has 0 aliphatic carbocycles. The van der Waals surface area contributed by atoms with Gasteiger partial charge in [0, 0.05) is 49.9 Å². The zero-order chi connectivity index (χ0) is 28.5. The maximum atomic E-state index is 12.6. The molecule has 0 unspecified atom stereocenters. The highest BCUT2D eigenvalue weighted by Gasteiger charge is 2.12. The van der Waals surface area contributed by atoms with Crippen molar-refractivity contribution in [3.63, 3.8) is 0 Å². The SMILES string of the molecule is CNC(=O)CCC(=O)CNC(=O)CCOCCOCCNC(=O)c1ccc2nc(CSC)c(CSC)nc2c1. The Hall–Kier alpha value is -2.74. The number of nitrogens with zero attached hydrogens (tertiary/aromatic N) is 2. The van der Waals surface area contributed by atoms with Gasteiger partial charge in [-0.3, -0.25) is 19.2 Å². The van der Waals surface area contributed by atoms with E-state index in [1.807, 2.05) is 18.6 Å². The molecule has 0 bridgehead atoms. The van der Waals surface area contributed by atoms with Crippen molar-refractivity contribution < 1.29 is 28.7 Å². The van der Waals surface area contributed by atoms with Gasteiger partial charge in [0.15, 0.2) is 5.78 Å². The van der Waals surface area contributed by atoms with E-state index in [1.165, 1.54) is 7.05 Å². The van der Waals surface area contributed by atoms with Crippen molar-refractivity contribution in [1.82, 2.24) is 25.9 Å². The van der Waals surface area contributed by atoms with Crippen molar-refractivity contribution in [1.29, 1.82) is 0 Å². The van der Waals surface area contributed by atoms with Crippen LogP contribution in [0.1, 0.15) is 41.0 Å². The number of hydrogen-bond acceptors (Lipinski definition) is 10. The smallest absolute Gasteiger partial charge is 0.251 e. The molecule has 1 aromatic heterocycles. The Kier molecular flexibility index (Phi) is 15.4. The van der Waals surface area contributed by atoms with E-state index in [1.54, 1.807) is 35.7 Å². The molecule has 0 saturated heterocycles. The number of ketones is 1. The Balaban J connectivity index is 1.59. The first kappa shape index (κ1) is 32.5. The van der Waals surface area contributed by atoms with Gasteiger partial charge in [0.2, 0.25) is 11.8 Å². The van der Waals surface area contributed by atoms with Gasteiger partial charge < -0.3 is 25.4 Å². The van der Waals surface area contributed by atoms with Crippen LogP contribution < -0.4 is 16.0 Å². The summed E-state index contributed by atoms with van der Waals surface area (Å²) in [4.78, 5) is 56.5. The molecule has 0 spiro atoms. The number of rotatable bonds is 19. The van der Waals surface area contributed by atoms with Gasteiger partial charge in [-0.15, -0.1) is 0 Å². The van der Waals surface area contributed by atoms with Gasteiger partial charge in [-0.2, -0.15) is 23.5 Å². The summed E-state index contributed by atoms with van der Waals surface area (Å²) < 4.78 is 10.8. The summed E-state index contributed by atoms with van der Waals surface area (Å²) in [7, 11) is 1.50.